The molecule has 1 N–H and O–H groups in total. The first-order valence-electron chi connectivity index (χ1n) is 10.5. The van der Waals surface area contributed by atoms with E-state index in [1.54, 1.807) is 16.8 Å². The molecule has 6 nitrogen and oxygen atoms in total. The summed E-state index contributed by atoms with van der Waals surface area (Å²) in [7, 11) is 1.81. The van der Waals surface area contributed by atoms with Gasteiger partial charge in [0.15, 0.2) is 5.75 Å². The molecular formula is C26H28N2O4. The van der Waals surface area contributed by atoms with Crippen LogP contribution in [0.3, 0.4) is 0 Å². The molecule has 3 rings (SSSR count). The van der Waals surface area contributed by atoms with Crippen LogP contribution in [0.1, 0.15) is 30.7 Å². The van der Waals surface area contributed by atoms with Gasteiger partial charge in [-0.05, 0) is 43.2 Å². The van der Waals surface area contributed by atoms with Gasteiger partial charge in [-0.15, -0.1) is 0 Å². The Labute approximate surface area is 188 Å². The Morgan fingerprint density at radius 3 is 2.62 bits per heavy atom. The molecule has 0 radical (unpaired) electrons. The van der Waals surface area contributed by atoms with E-state index in [1.165, 1.54) is 12.1 Å². The molecule has 0 spiro atoms. The molecule has 0 saturated heterocycles. The van der Waals surface area contributed by atoms with Crippen molar-refractivity contribution < 1.29 is 14.3 Å². The molecule has 1 aromatic heterocycles. The van der Waals surface area contributed by atoms with Crippen molar-refractivity contribution in [2.75, 3.05) is 0 Å². The van der Waals surface area contributed by atoms with Crippen LogP contribution in [0.2, 0.25) is 0 Å². The van der Waals surface area contributed by atoms with E-state index < -0.39 is 0 Å². The lowest BCUT2D eigenvalue weighted by molar-refractivity contribution is -0.116. The molecule has 0 atom stereocenters. The molecule has 32 heavy (non-hydrogen) atoms. The van der Waals surface area contributed by atoms with Crippen LogP contribution < -0.4 is 20.2 Å². The first kappa shape index (κ1) is 22.9. The third-order valence-electron chi connectivity index (χ3n) is 4.64. The molecule has 6 heteroatoms. The lowest BCUT2D eigenvalue weighted by Gasteiger charge is -2.12. The van der Waals surface area contributed by atoms with E-state index in [-0.39, 0.29) is 29.7 Å². The van der Waals surface area contributed by atoms with Crippen LogP contribution in [-0.4, -0.2) is 16.6 Å². The van der Waals surface area contributed by atoms with Gasteiger partial charge in [0, 0.05) is 24.9 Å². The minimum Gasteiger partial charge on any atom is -0.491 e. The van der Waals surface area contributed by atoms with Gasteiger partial charge in [0.1, 0.15) is 12.4 Å². The first-order chi connectivity index (χ1) is 15.4. The van der Waals surface area contributed by atoms with Crippen molar-refractivity contribution >= 4 is 12.0 Å². The van der Waals surface area contributed by atoms with Crippen LogP contribution in [0.5, 0.6) is 11.5 Å². The Morgan fingerprint density at radius 1 is 1.09 bits per heavy atom. The van der Waals surface area contributed by atoms with Crippen molar-refractivity contribution in [1.29, 1.82) is 0 Å². The van der Waals surface area contributed by atoms with Crippen LogP contribution in [0, 0.1) is 0 Å². The average Bonchev–Trinajstić information content (AvgIpc) is 2.77. The molecule has 1 amide bonds. The summed E-state index contributed by atoms with van der Waals surface area (Å²) in [5, 5.41) is 2.80. The van der Waals surface area contributed by atoms with E-state index in [1.807, 2.05) is 75.5 Å². The number of nitrogens with zero attached hydrogens (tertiary/aromatic N) is 1. The molecule has 3 aromatic rings. The van der Waals surface area contributed by atoms with E-state index in [2.05, 4.69) is 5.32 Å². The predicted octanol–water partition coefficient (Wildman–Crippen LogP) is 4.08. The zero-order valence-electron chi connectivity index (χ0n) is 18.6. The van der Waals surface area contributed by atoms with Gasteiger partial charge in [-0.1, -0.05) is 42.5 Å². The van der Waals surface area contributed by atoms with Gasteiger partial charge in [-0.3, -0.25) is 9.59 Å². The molecule has 0 aliphatic carbocycles. The fourth-order valence-corrected chi connectivity index (χ4v) is 3.04. The quantitative estimate of drug-likeness (QED) is 0.517. The number of carbonyl (C=O) groups excluding carboxylic acids is 1. The highest BCUT2D eigenvalue weighted by atomic mass is 16.5. The van der Waals surface area contributed by atoms with Gasteiger partial charge >= 0.3 is 0 Å². The monoisotopic (exact) mass is 432 g/mol. The highest BCUT2D eigenvalue weighted by Gasteiger charge is 2.07. The van der Waals surface area contributed by atoms with Gasteiger partial charge in [-0.25, -0.2) is 0 Å². The summed E-state index contributed by atoms with van der Waals surface area (Å²) in [4.78, 5) is 24.6. The van der Waals surface area contributed by atoms with Crippen LogP contribution >= 0.6 is 0 Å². The second-order valence-corrected chi connectivity index (χ2v) is 7.67. The van der Waals surface area contributed by atoms with Crippen molar-refractivity contribution in [2.24, 2.45) is 7.05 Å². The SMILES string of the molecule is CC(C)Oc1cccc(/C=C/C(=O)NCc2cc(=O)c(OCc3ccccc3)cn2C)c1. The van der Waals surface area contributed by atoms with Gasteiger partial charge < -0.3 is 19.4 Å². The molecule has 0 saturated carbocycles. The van der Waals surface area contributed by atoms with Gasteiger partial charge in [0.05, 0.1) is 18.8 Å². The Hall–Kier alpha value is -3.80. The van der Waals surface area contributed by atoms with E-state index in [0.29, 0.717) is 12.3 Å². The lowest BCUT2D eigenvalue weighted by atomic mass is 10.2. The van der Waals surface area contributed by atoms with Gasteiger partial charge in [0.25, 0.3) is 0 Å². The molecular weight excluding hydrogens is 404 g/mol. The van der Waals surface area contributed by atoms with Crippen molar-refractivity contribution in [3.63, 3.8) is 0 Å². The number of aryl methyl sites for hydroxylation is 1. The summed E-state index contributed by atoms with van der Waals surface area (Å²) in [6, 6.07) is 18.7. The van der Waals surface area contributed by atoms with Crippen molar-refractivity contribution in [1.82, 2.24) is 9.88 Å². The summed E-state index contributed by atoms with van der Waals surface area (Å²) in [5.41, 5.74) is 2.31. The van der Waals surface area contributed by atoms with Gasteiger partial charge in [-0.2, -0.15) is 0 Å². The average molecular weight is 433 g/mol. The number of pyridine rings is 1. The Bertz CT molecular complexity index is 1130. The number of amides is 1. The topological polar surface area (TPSA) is 69.6 Å². The molecule has 0 fully saturated rings. The number of aromatic nitrogens is 1. The number of benzene rings is 2. The summed E-state index contributed by atoms with van der Waals surface area (Å²) in [5.74, 6) is 0.777. The second kappa shape index (κ2) is 11.0. The third kappa shape index (κ3) is 6.87. The maximum absolute atomic E-state index is 12.4. The zero-order chi connectivity index (χ0) is 22.9. The van der Waals surface area contributed by atoms with Gasteiger partial charge in [0.2, 0.25) is 11.3 Å². The molecule has 0 unspecified atom stereocenters. The lowest BCUT2D eigenvalue weighted by Crippen LogP contribution is -2.24. The molecule has 0 aliphatic heterocycles. The minimum absolute atomic E-state index is 0.0827. The Balaban J connectivity index is 1.57. The fraction of sp³-hybridized carbons (Fsp3) is 0.231. The number of hydrogen-bond donors (Lipinski definition) is 1. The van der Waals surface area contributed by atoms with Crippen molar-refractivity contribution in [2.45, 2.75) is 33.1 Å². The van der Waals surface area contributed by atoms with E-state index in [4.69, 9.17) is 9.47 Å². The Morgan fingerprint density at radius 2 is 1.88 bits per heavy atom. The largest absolute Gasteiger partial charge is 0.491 e. The van der Waals surface area contributed by atoms with Crippen molar-refractivity contribution in [3.8, 4) is 11.5 Å². The molecule has 1 heterocycles. The second-order valence-electron chi connectivity index (χ2n) is 7.67. The molecule has 0 bridgehead atoms. The van der Waals surface area contributed by atoms with Crippen LogP contribution in [0.15, 0.2) is 77.7 Å². The molecule has 166 valence electrons. The summed E-state index contributed by atoms with van der Waals surface area (Å²) in [6.07, 6.45) is 4.91. The third-order valence-corrected chi connectivity index (χ3v) is 4.64. The standard InChI is InChI=1S/C26H28N2O4/c1-19(2)32-23-11-7-10-20(14-23)12-13-26(30)27-16-22-15-24(29)25(17-28(22)3)31-18-21-8-5-4-6-9-21/h4-15,17,19H,16,18H2,1-3H3,(H,27,30)/b13-12+. The number of nitrogens with one attached hydrogen (secondary N) is 1. The zero-order valence-corrected chi connectivity index (χ0v) is 18.6. The summed E-state index contributed by atoms with van der Waals surface area (Å²) < 4.78 is 13.1. The number of carbonyl (C=O) groups is 1. The number of ether oxygens (including phenoxy) is 2. The maximum atomic E-state index is 12.4. The van der Waals surface area contributed by atoms with E-state index >= 15 is 0 Å². The highest BCUT2D eigenvalue weighted by Crippen LogP contribution is 2.16. The highest BCUT2D eigenvalue weighted by molar-refractivity contribution is 5.91. The van der Waals surface area contributed by atoms with Crippen LogP contribution in [-0.2, 0) is 25.0 Å². The smallest absolute Gasteiger partial charge is 0.244 e. The number of hydrogen-bond acceptors (Lipinski definition) is 4. The van der Waals surface area contributed by atoms with Crippen LogP contribution in [0.4, 0.5) is 0 Å². The number of rotatable bonds is 9. The van der Waals surface area contributed by atoms with E-state index in [9.17, 15) is 9.59 Å². The minimum atomic E-state index is -0.253. The summed E-state index contributed by atoms with van der Waals surface area (Å²) >= 11 is 0. The first-order valence-corrected chi connectivity index (χ1v) is 10.5. The Kier molecular flexibility index (Phi) is 7.86. The fourth-order valence-electron chi connectivity index (χ4n) is 3.04. The van der Waals surface area contributed by atoms with Crippen LogP contribution in [0.25, 0.3) is 6.08 Å². The molecule has 0 aliphatic rings. The van der Waals surface area contributed by atoms with Crippen molar-refractivity contribution in [3.05, 3.63) is 100.0 Å². The van der Waals surface area contributed by atoms with E-state index in [0.717, 1.165) is 16.9 Å². The molecule has 2 aromatic carbocycles. The maximum Gasteiger partial charge on any atom is 0.244 e. The summed E-state index contributed by atoms with van der Waals surface area (Å²) in [6.45, 7) is 4.47. The predicted molar refractivity (Wildman–Crippen MR) is 126 cm³/mol. The normalized spacial score (nSPS) is 11.0.